The van der Waals surface area contributed by atoms with Gasteiger partial charge in [-0.25, -0.2) is 4.98 Å². The summed E-state index contributed by atoms with van der Waals surface area (Å²) in [5, 5.41) is 3.07. The van der Waals surface area contributed by atoms with Gasteiger partial charge in [-0.15, -0.1) is 0 Å². The normalized spacial score (nSPS) is 26.8. The van der Waals surface area contributed by atoms with Gasteiger partial charge in [0.1, 0.15) is 11.7 Å². The fraction of sp³-hybridized carbons (Fsp3) is 0.636. The Labute approximate surface area is 177 Å². The number of pyridine rings is 1. The predicted octanol–water partition coefficient (Wildman–Crippen LogP) is 1.88. The van der Waals surface area contributed by atoms with E-state index in [4.69, 9.17) is 10.5 Å². The lowest BCUT2D eigenvalue weighted by atomic mass is 9.52. The summed E-state index contributed by atoms with van der Waals surface area (Å²) in [7, 11) is 1.77. The van der Waals surface area contributed by atoms with Gasteiger partial charge < -0.3 is 15.8 Å². The largest absolute Gasteiger partial charge is 0.474 e. The van der Waals surface area contributed by atoms with E-state index < -0.39 is 5.91 Å². The number of nitrogens with two attached hydrogens (primary N) is 1. The number of carbonyl (C=O) groups excluding carboxylic acids is 3. The molecule has 0 saturated heterocycles. The third kappa shape index (κ3) is 4.48. The summed E-state index contributed by atoms with van der Waals surface area (Å²) in [5.41, 5.74) is 5.76. The number of likely N-dealkylation sites (N-methyl/N-ethyl adjacent to an activating group) is 1. The lowest BCUT2D eigenvalue weighted by molar-refractivity contribution is -0.156. The van der Waals surface area contributed by atoms with Crippen LogP contribution in [0.15, 0.2) is 18.3 Å². The zero-order valence-electron chi connectivity index (χ0n) is 18.0. The van der Waals surface area contributed by atoms with E-state index in [9.17, 15) is 14.4 Å². The molecule has 3 amide bonds. The van der Waals surface area contributed by atoms with Crippen molar-refractivity contribution in [1.29, 1.82) is 0 Å². The lowest BCUT2D eigenvalue weighted by Gasteiger charge is -2.58. The number of amides is 3. The Bertz CT molecular complexity index is 785. The number of aromatic nitrogens is 1. The van der Waals surface area contributed by atoms with Crippen LogP contribution < -0.4 is 15.8 Å². The van der Waals surface area contributed by atoms with E-state index in [0.29, 0.717) is 12.3 Å². The summed E-state index contributed by atoms with van der Waals surface area (Å²) in [4.78, 5) is 41.6. The van der Waals surface area contributed by atoms with E-state index in [2.05, 4.69) is 24.1 Å². The van der Waals surface area contributed by atoms with E-state index in [0.717, 1.165) is 38.5 Å². The van der Waals surface area contributed by atoms with Crippen molar-refractivity contribution in [3.05, 3.63) is 23.9 Å². The summed E-state index contributed by atoms with van der Waals surface area (Å²) in [6.45, 7) is 4.21. The number of nitrogens with one attached hydrogen (secondary N) is 1. The average Bonchev–Trinajstić information content (AvgIpc) is 2.68. The number of primary amides is 1. The second-order valence-corrected chi connectivity index (χ2v) is 8.87. The number of imide groups is 1. The molecule has 3 N–H and O–H groups in total. The van der Waals surface area contributed by atoms with Gasteiger partial charge in [0.05, 0.1) is 6.04 Å². The fourth-order valence-corrected chi connectivity index (χ4v) is 4.70. The number of hydrogen-bond acceptors (Lipinski definition) is 6. The van der Waals surface area contributed by atoms with Crippen LogP contribution in [-0.4, -0.2) is 53.3 Å². The molecule has 8 nitrogen and oxygen atoms in total. The highest BCUT2D eigenvalue weighted by molar-refractivity contribution is 5.95. The first-order valence-electron chi connectivity index (χ1n) is 10.7. The quantitative estimate of drug-likeness (QED) is 0.563. The van der Waals surface area contributed by atoms with Crippen molar-refractivity contribution < 1.29 is 19.1 Å². The van der Waals surface area contributed by atoms with Crippen LogP contribution in [-0.2, 0) is 9.59 Å². The Morgan fingerprint density at radius 3 is 2.67 bits per heavy atom. The molecule has 2 atom stereocenters. The van der Waals surface area contributed by atoms with Crippen LogP contribution in [0.5, 0.6) is 5.88 Å². The van der Waals surface area contributed by atoms with Gasteiger partial charge in [0.15, 0.2) is 0 Å². The standard InChI is InChI=1S/C22H32N4O4/c1-4-14(2)8-18(24-3)21(29)26(13-27)15-9-22(10-15)11-16(12-22)30-20-17(19(23)28)6-5-7-25-20/h5-7,13-16,18,24H,4,8-12H2,1-3H3,(H2,23,28)/t14?,15-,16-,18?,22?. The smallest absolute Gasteiger partial charge is 0.254 e. The lowest BCUT2D eigenvalue weighted by Crippen LogP contribution is -2.61. The summed E-state index contributed by atoms with van der Waals surface area (Å²) in [6, 6.07) is 2.86. The van der Waals surface area contributed by atoms with Crippen LogP contribution in [0.4, 0.5) is 0 Å². The van der Waals surface area contributed by atoms with Gasteiger partial charge in [0, 0.05) is 12.2 Å². The Morgan fingerprint density at radius 2 is 2.10 bits per heavy atom. The number of ether oxygens (including phenoxy) is 1. The molecule has 1 heterocycles. The minimum Gasteiger partial charge on any atom is -0.474 e. The monoisotopic (exact) mass is 416 g/mol. The molecule has 0 aliphatic heterocycles. The molecular formula is C22H32N4O4. The number of carbonyl (C=O) groups is 3. The molecule has 30 heavy (non-hydrogen) atoms. The molecule has 2 aliphatic carbocycles. The first-order chi connectivity index (χ1) is 14.3. The van der Waals surface area contributed by atoms with Gasteiger partial charge in [-0.05, 0) is 62.6 Å². The molecule has 3 rings (SSSR count). The Morgan fingerprint density at radius 1 is 1.40 bits per heavy atom. The SMILES string of the molecule is CCC(C)CC(NC)C(=O)N(C=O)[C@H]1CC2(C[C@H](Oc3ncccc3C(N)=O)C2)C1. The molecule has 2 saturated carbocycles. The molecule has 1 aromatic heterocycles. The minimum absolute atomic E-state index is 0.0326. The highest BCUT2D eigenvalue weighted by atomic mass is 16.5. The average molecular weight is 417 g/mol. The maximum absolute atomic E-state index is 12.9. The first kappa shape index (κ1) is 22.2. The summed E-state index contributed by atoms with van der Waals surface area (Å²) in [6.07, 6.45) is 7.16. The maximum atomic E-state index is 12.9. The molecule has 8 heteroatoms. The van der Waals surface area contributed by atoms with E-state index in [1.165, 1.54) is 4.90 Å². The van der Waals surface area contributed by atoms with Crippen LogP contribution in [0.2, 0.25) is 0 Å². The Kier molecular flexibility index (Phi) is 6.75. The van der Waals surface area contributed by atoms with Gasteiger partial charge in [0.2, 0.25) is 18.2 Å². The fourth-order valence-electron chi connectivity index (χ4n) is 4.70. The highest BCUT2D eigenvalue weighted by Crippen LogP contribution is 2.58. The van der Waals surface area contributed by atoms with Crippen molar-refractivity contribution in [3.63, 3.8) is 0 Å². The minimum atomic E-state index is -0.563. The van der Waals surface area contributed by atoms with E-state index >= 15 is 0 Å². The van der Waals surface area contributed by atoms with Crippen molar-refractivity contribution in [2.24, 2.45) is 17.1 Å². The molecule has 164 valence electrons. The van der Waals surface area contributed by atoms with Crippen LogP contribution in [0, 0.1) is 11.3 Å². The van der Waals surface area contributed by atoms with Crippen molar-refractivity contribution in [2.45, 2.75) is 70.6 Å². The number of hydrogen-bond donors (Lipinski definition) is 2. The van der Waals surface area contributed by atoms with E-state index in [1.807, 2.05) is 0 Å². The van der Waals surface area contributed by atoms with Crippen LogP contribution in [0.1, 0.15) is 62.7 Å². The predicted molar refractivity (Wildman–Crippen MR) is 112 cm³/mol. The molecule has 2 unspecified atom stereocenters. The zero-order valence-corrected chi connectivity index (χ0v) is 18.0. The van der Waals surface area contributed by atoms with Crippen molar-refractivity contribution in [1.82, 2.24) is 15.2 Å². The van der Waals surface area contributed by atoms with E-state index in [-0.39, 0.29) is 41.0 Å². The maximum Gasteiger partial charge on any atom is 0.254 e. The summed E-state index contributed by atoms with van der Waals surface area (Å²) in [5.74, 6) is -0.0202. The number of rotatable bonds is 10. The van der Waals surface area contributed by atoms with Crippen molar-refractivity contribution in [3.8, 4) is 5.88 Å². The summed E-state index contributed by atoms with van der Waals surface area (Å²) < 4.78 is 5.88. The Balaban J connectivity index is 1.52. The van der Waals surface area contributed by atoms with Crippen LogP contribution in [0.25, 0.3) is 0 Å². The molecule has 0 aromatic carbocycles. The molecule has 0 radical (unpaired) electrons. The summed E-state index contributed by atoms with van der Waals surface area (Å²) >= 11 is 0. The highest BCUT2D eigenvalue weighted by Gasteiger charge is 2.56. The molecule has 0 bridgehead atoms. The van der Waals surface area contributed by atoms with Gasteiger partial charge >= 0.3 is 0 Å². The van der Waals surface area contributed by atoms with Crippen molar-refractivity contribution in [2.75, 3.05) is 7.05 Å². The van der Waals surface area contributed by atoms with Gasteiger partial charge in [0.25, 0.3) is 5.91 Å². The number of nitrogens with zero attached hydrogens (tertiary/aromatic N) is 2. The van der Waals surface area contributed by atoms with Crippen molar-refractivity contribution >= 4 is 18.2 Å². The molecule has 1 spiro atoms. The molecule has 2 fully saturated rings. The van der Waals surface area contributed by atoms with Crippen LogP contribution in [0.3, 0.4) is 0 Å². The molecular weight excluding hydrogens is 384 g/mol. The topological polar surface area (TPSA) is 115 Å². The van der Waals surface area contributed by atoms with Gasteiger partial charge in [-0.2, -0.15) is 0 Å². The molecule has 1 aromatic rings. The van der Waals surface area contributed by atoms with Crippen LogP contribution >= 0.6 is 0 Å². The molecule has 2 aliphatic rings. The zero-order chi connectivity index (χ0) is 21.9. The third-order valence-corrected chi connectivity index (χ3v) is 6.72. The second-order valence-electron chi connectivity index (χ2n) is 8.87. The van der Waals surface area contributed by atoms with Gasteiger partial charge in [-0.1, -0.05) is 20.3 Å². The third-order valence-electron chi connectivity index (χ3n) is 6.72. The van der Waals surface area contributed by atoms with Gasteiger partial charge in [-0.3, -0.25) is 19.3 Å². The van der Waals surface area contributed by atoms with E-state index in [1.54, 1.807) is 25.4 Å². The first-order valence-corrected chi connectivity index (χ1v) is 10.7. The Hall–Kier alpha value is -2.48. The second kappa shape index (κ2) is 9.12.